The number of amides is 2. The van der Waals surface area contributed by atoms with E-state index in [2.05, 4.69) is 10.9 Å². The lowest BCUT2D eigenvalue weighted by Gasteiger charge is -2.10. The maximum atomic E-state index is 12.1. The summed E-state index contributed by atoms with van der Waals surface area (Å²) in [6.45, 7) is 0.690. The van der Waals surface area contributed by atoms with E-state index in [-0.39, 0.29) is 6.61 Å². The second kappa shape index (κ2) is 10.1. The molecular formula is C22H22N2O5. The first kappa shape index (κ1) is 20.2. The Bertz CT molecular complexity index is 972. The van der Waals surface area contributed by atoms with Gasteiger partial charge in [-0.2, -0.15) is 0 Å². The van der Waals surface area contributed by atoms with Crippen LogP contribution in [0.15, 0.2) is 66.7 Å². The maximum Gasteiger partial charge on any atom is 0.276 e. The highest BCUT2D eigenvalue weighted by molar-refractivity contribution is 5.95. The van der Waals surface area contributed by atoms with E-state index in [0.29, 0.717) is 30.3 Å². The van der Waals surface area contributed by atoms with E-state index >= 15 is 0 Å². The van der Waals surface area contributed by atoms with Crippen LogP contribution >= 0.6 is 0 Å². The number of nitrogens with one attached hydrogen (secondary N) is 2. The van der Waals surface area contributed by atoms with Gasteiger partial charge in [0, 0.05) is 12.7 Å². The summed E-state index contributed by atoms with van der Waals surface area (Å²) in [5, 5.41) is 2.11. The van der Waals surface area contributed by atoms with Gasteiger partial charge in [-0.3, -0.25) is 20.4 Å². The molecule has 0 saturated heterocycles. The van der Waals surface area contributed by atoms with Crippen molar-refractivity contribution in [3.8, 4) is 11.5 Å². The number of ether oxygens (including phenoxy) is 3. The SMILES string of the molecule is COCCOc1ccc(C(=O)NNC(=O)COc2ccc3ccccc3c2)cc1. The van der Waals surface area contributed by atoms with E-state index < -0.39 is 11.8 Å². The molecule has 0 aliphatic heterocycles. The summed E-state index contributed by atoms with van der Waals surface area (Å²) in [7, 11) is 1.60. The molecule has 0 atom stereocenters. The number of hydrazine groups is 1. The van der Waals surface area contributed by atoms with Gasteiger partial charge in [0.1, 0.15) is 18.1 Å². The number of hydrogen-bond donors (Lipinski definition) is 2. The zero-order chi connectivity index (χ0) is 20.5. The molecule has 0 aliphatic rings. The first-order valence-electron chi connectivity index (χ1n) is 9.08. The molecule has 7 nitrogen and oxygen atoms in total. The van der Waals surface area contributed by atoms with Crippen molar-refractivity contribution in [3.05, 3.63) is 72.3 Å². The average molecular weight is 394 g/mol. The molecular weight excluding hydrogens is 372 g/mol. The van der Waals surface area contributed by atoms with Gasteiger partial charge in [0.05, 0.1) is 6.61 Å². The molecule has 0 radical (unpaired) electrons. The van der Waals surface area contributed by atoms with Crippen LogP contribution in [0.4, 0.5) is 0 Å². The van der Waals surface area contributed by atoms with Crippen molar-refractivity contribution in [2.75, 3.05) is 26.9 Å². The van der Waals surface area contributed by atoms with Crippen molar-refractivity contribution < 1.29 is 23.8 Å². The minimum absolute atomic E-state index is 0.217. The summed E-state index contributed by atoms with van der Waals surface area (Å²) in [5.74, 6) is 0.305. The summed E-state index contributed by atoms with van der Waals surface area (Å²) in [5.41, 5.74) is 5.08. The standard InChI is InChI=1S/C22H22N2O5/c1-27-12-13-28-19-9-7-17(8-10-19)22(26)24-23-21(25)15-29-20-11-6-16-4-2-3-5-18(16)14-20/h2-11,14H,12-13,15H2,1H3,(H,23,25)(H,24,26). The van der Waals surface area contributed by atoms with Crippen LogP contribution in [0.25, 0.3) is 10.8 Å². The predicted octanol–water partition coefficient (Wildman–Crippen LogP) is 2.71. The molecule has 0 heterocycles. The van der Waals surface area contributed by atoms with Crippen LogP contribution in [0.2, 0.25) is 0 Å². The summed E-state index contributed by atoms with van der Waals surface area (Å²) < 4.78 is 15.8. The Morgan fingerprint density at radius 1 is 0.793 bits per heavy atom. The van der Waals surface area contributed by atoms with E-state index in [4.69, 9.17) is 14.2 Å². The lowest BCUT2D eigenvalue weighted by molar-refractivity contribution is -0.123. The number of methoxy groups -OCH3 is 1. The molecule has 7 heteroatoms. The average Bonchev–Trinajstić information content (AvgIpc) is 2.76. The lowest BCUT2D eigenvalue weighted by atomic mass is 10.1. The summed E-state index contributed by atoms with van der Waals surface area (Å²) in [6, 6.07) is 20.0. The van der Waals surface area contributed by atoms with Crippen molar-refractivity contribution >= 4 is 22.6 Å². The van der Waals surface area contributed by atoms with Gasteiger partial charge in [-0.25, -0.2) is 0 Å². The van der Waals surface area contributed by atoms with Crippen molar-refractivity contribution in [2.45, 2.75) is 0 Å². The molecule has 0 spiro atoms. The third-order valence-corrected chi connectivity index (χ3v) is 4.08. The van der Waals surface area contributed by atoms with E-state index in [1.807, 2.05) is 36.4 Å². The Kier molecular flexibility index (Phi) is 7.02. The number of benzene rings is 3. The number of carbonyl (C=O) groups excluding carboxylic acids is 2. The highest BCUT2D eigenvalue weighted by Crippen LogP contribution is 2.20. The summed E-state index contributed by atoms with van der Waals surface area (Å²) in [6.07, 6.45) is 0. The fourth-order valence-electron chi connectivity index (χ4n) is 2.59. The first-order chi connectivity index (χ1) is 14.2. The lowest BCUT2D eigenvalue weighted by Crippen LogP contribution is -2.43. The molecule has 0 fully saturated rings. The quantitative estimate of drug-likeness (QED) is 0.453. The van der Waals surface area contributed by atoms with Crippen molar-refractivity contribution in [1.29, 1.82) is 0 Å². The normalized spacial score (nSPS) is 10.4. The monoisotopic (exact) mass is 394 g/mol. The van der Waals surface area contributed by atoms with Crippen LogP contribution in [0.3, 0.4) is 0 Å². The molecule has 0 aliphatic carbocycles. The minimum atomic E-state index is -0.467. The highest BCUT2D eigenvalue weighted by Gasteiger charge is 2.08. The fourth-order valence-corrected chi connectivity index (χ4v) is 2.59. The number of carbonyl (C=O) groups is 2. The zero-order valence-electron chi connectivity index (χ0n) is 16.0. The smallest absolute Gasteiger partial charge is 0.276 e. The van der Waals surface area contributed by atoms with Crippen LogP contribution in [-0.4, -0.2) is 38.7 Å². The molecule has 0 aromatic heterocycles. The molecule has 2 N–H and O–H groups in total. The second-order valence-corrected chi connectivity index (χ2v) is 6.17. The summed E-state index contributed by atoms with van der Waals surface area (Å²) >= 11 is 0. The van der Waals surface area contributed by atoms with Gasteiger partial charge in [-0.1, -0.05) is 30.3 Å². The van der Waals surface area contributed by atoms with E-state index in [1.165, 1.54) is 0 Å². The Balaban J connectivity index is 1.44. The van der Waals surface area contributed by atoms with Crippen LogP contribution in [0.1, 0.15) is 10.4 Å². The molecule has 29 heavy (non-hydrogen) atoms. The zero-order valence-corrected chi connectivity index (χ0v) is 16.0. The Morgan fingerprint density at radius 2 is 1.52 bits per heavy atom. The second-order valence-electron chi connectivity index (χ2n) is 6.17. The van der Waals surface area contributed by atoms with Crippen molar-refractivity contribution in [2.24, 2.45) is 0 Å². The van der Waals surface area contributed by atoms with Gasteiger partial charge in [0.2, 0.25) is 0 Å². The Morgan fingerprint density at radius 3 is 2.28 bits per heavy atom. The van der Waals surface area contributed by atoms with Crippen molar-refractivity contribution in [1.82, 2.24) is 10.9 Å². The fraction of sp³-hybridized carbons (Fsp3) is 0.182. The van der Waals surface area contributed by atoms with Gasteiger partial charge in [0.25, 0.3) is 11.8 Å². The van der Waals surface area contributed by atoms with E-state index in [0.717, 1.165) is 10.8 Å². The predicted molar refractivity (Wildman–Crippen MR) is 109 cm³/mol. The number of fused-ring (bicyclic) bond motifs is 1. The van der Waals surface area contributed by atoms with Crippen LogP contribution in [0, 0.1) is 0 Å². The molecule has 2 amide bonds. The van der Waals surface area contributed by atoms with Crippen LogP contribution in [-0.2, 0) is 9.53 Å². The Hall–Kier alpha value is -3.58. The Labute approximate surface area is 168 Å². The third kappa shape index (κ3) is 5.95. The molecule has 3 aromatic carbocycles. The van der Waals surface area contributed by atoms with E-state index in [1.54, 1.807) is 37.4 Å². The third-order valence-electron chi connectivity index (χ3n) is 4.08. The molecule has 3 rings (SSSR count). The van der Waals surface area contributed by atoms with Gasteiger partial charge >= 0.3 is 0 Å². The molecule has 0 unspecified atom stereocenters. The molecule has 3 aromatic rings. The van der Waals surface area contributed by atoms with Crippen LogP contribution in [0.5, 0.6) is 11.5 Å². The summed E-state index contributed by atoms with van der Waals surface area (Å²) in [4.78, 5) is 24.0. The van der Waals surface area contributed by atoms with E-state index in [9.17, 15) is 9.59 Å². The topological polar surface area (TPSA) is 85.9 Å². The first-order valence-corrected chi connectivity index (χ1v) is 9.08. The largest absolute Gasteiger partial charge is 0.491 e. The number of hydrogen-bond acceptors (Lipinski definition) is 5. The van der Waals surface area contributed by atoms with Crippen molar-refractivity contribution in [3.63, 3.8) is 0 Å². The number of rotatable bonds is 8. The van der Waals surface area contributed by atoms with Gasteiger partial charge in [-0.15, -0.1) is 0 Å². The van der Waals surface area contributed by atoms with Gasteiger partial charge in [-0.05, 0) is 47.2 Å². The van der Waals surface area contributed by atoms with Gasteiger partial charge in [0.15, 0.2) is 6.61 Å². The molecule has 0 bridgehead atoms. The minimum Gasteiger partial charge on any atom is -0.491 e. The van der Waals surface area contributed by atoms with Gasteiger partial charge < -0.3 is 14.2 Å². The van der Waals surface area contributed by atoms with Crippen LogP contribution < -0.4 is 20.3 Å². The molecule has 150 valence electrons. The maximum absolute atomic E-state index is 12.1. The highest BCUT2D eigenvalue weighted by atomic mass is 16.5. The molecule has 0 saturated carbocycles.